The maximum atomic E-state index is 12.4. The van der Waals surface area contributed by atoms with E-state index in [0.717, 1.165) is 42.7 Å². The molecule has 2 amide bonds. The van der Waals surface area contributed by atoms with Gasteiger partial charge in [0.1, 0.15) is 6.54 Å². The molecule has 1 fully saturated rings. The summed E-state index contributed by atoms with van der Waals surface area (Å²) >= 11 is 1.53. The normalized spacial score (nSPS) is 14.2. The Morgan fingerprint density at radius 2 is 2.00 bits per heavy atom. The number of hydrogen-bond acceptors (Lipinski definition) is 6. The summed E-state index contributed by atoms with van der Waals surface area (Å²) in [6, 6.07) is 7.74. The quantitative estimate of drug-likeness (QED) is 0.705. The van der Waals surface area contributed by atoms with Crippen LogP contribution in [0.2, 0.25) is 0 Å². The van der Waals surface area contributed by atoms with Gasteiger partial charge >= 0.3 is 0 Å². The maximum Gasteiger partial charge on any atom is 0.247 e. The molecule has 2 aromatic rings. The number of hydrogen-bond donors (Lipinski definition) is 1. The number of anilines is 2. The fraction of sp³-hybridized carbons (Fsp3) is 0.381. The Labute approximate surface area is 175 Å². The molecule has 1 saturated heterocycles. The first-order valence-electron chi connectivity index (χ1n) is 9.67. The molecule has 0 unspecified atom stereocenters. The van der Waals surface area contributed by atoms with Crippen molar-refractivity contribution in [1.82, 2.24) is 9.88 Å². The molecule has 0 radical (unpaired) electrons. The van der Waals surface area contributed by atoms with Crippen molar-refractivity contribution in [3.8, 4) is 0 Å². The number of morpholine rings is 1. The molecule has 1 N–H and O–H groups in total. The largest absolute Gasteiger partial charge is 0.378 e. The number of nitrogens with zero attached hydrogens (tertiary/aromatic N) is 3. The van der Waals surface area contributed by atoms with Crippen LogP contribution in [0.1, 0.15) is 17.6 Å². The van der Waals surface area contributed by atoms with Crippen molar-refractivity contribution in [2.45, 2.75) is 13.8 Å². The second-order valence-corrected chi connectivity index (χ2v) is 7.73. The fourth-order valence-electron chi connectivity index (χ4n) is 3.02. The van der Waals surface area contributed by atoms with Crippen LogP contribution in [0.4, 0.5) is 11.4 Å². The van der Waals surface area contributed by atoms with Gasteiger partial charge in [-0.2, -0.15) is 0 Å². The summed E-state index contributed by atoms with van der Waals surface area (Å²) in [4.78, 5) is 32.8. The molecule has 0 atom stereocenters. The number of aryl methyl sites for hydroxylation is 1. The zero-order chi connectivity index (χ0) is 20.6. The van der Waals surface area contributed by atoms with Crippen molar-refractivity contribution in [2.24, 2.45) is 0 Å². The van der Waals surface area contributed by atoms with Gasteiger partial charge in [0.15, 0.2) is 0 Å². The summed E-state index contributed by atoms with van der Waals surface area (Å²) in [5.41, 5.74) is 2.57. The first kappa shape index (κ1) is 21.0. The second kappa shape index (κ2) is 10.2. The van der Waals surface area contributed by atoms with Crippen molar-refractivity contribution in [1.29, 1.82) is 0 Å². The van der Waals surface area contributed by atoms with E-state index in [1.165, 1.54) is 22.3 Å². The highest BCUT2D eigenvalue weighted by Gasteiger charge is 2.14. The van der Waals surface area contributed by atoms with Gasteiger partial charge in [0.2, 0.25) is 11.8 Å². The van der Waals surface area contributed by atoms with Crippen molar-refractivity contribution < 1.29 is 14.3 Å². The number of rotatable bonds is 7. The number of ether oxygens (including phenoxy) is 1. The molecular weight excluding hydrogens is 388 g/mol. The van der Waals surface area contributed by atoms with Gasteiger partial charge in [0.05, 0.1) is 23.9 Å². The van der Waals surface area contributed by atoms with E-state index in [4.69, 9.17) is 4.74 Å². The van der Waals surface area contributed by atoms with Gasteiger partial charge in [-0.05, 0) is 44.2 Å². The van der Waals surface area contributed by atoms with Crippen molar-refractivity contribution in [2.75, 3.05) is 49.6 Å². The van der Waals surface area contributed by atoms with E-state index < -0.39 is 0 Å². The summed E-state index contributed by atoms with van der Waals surface area (Å²) in [5.74, 6) is -0.437. The lowest BCUT2D eigenvalue weighted by Gasteiger charge is -2.29. The standard InChI is InChI=1S/C21H26N4O3S/c1-3-24(21(27)9-6-18-15-29-16(2)22-18)14-20(26)23-17-4-7-19(8-5-17)25-10-12-28-13-11-25/h4-9,15H,3,10-14H2,1-2H3,(H,23,26)/b9-6+. The first-order valence-corrected chi connectivity index (χ1v) is 10.5. The van der Waals surface area contributed by atoms with E-state index in [1.54, 1.807) is 6.08 Å². The summed E-state index contributed by atoms with van der Waals surface area (Å²) in [5, 5.41) is 5.70. The Morgan fingerprint density at radius 1 is 1.28 bits per heavy atom. The lowest BCUT2D eigenvalue weighted by Crippen LogP contribution is -2.37. The molecule has 0 bridgehead atoms. The average Bonchev–Trinajstić information content (AvgIpc) is 3.16. The molecule has 1 aromatic carbocycles. The predicted molar refractivity (Wildman–Crippen MR) is 116 cm³/mol. The molecule has 1 aliphatic rings. The summed E-state index contributed by atoms with van der Waals surface area (Å²) in [6.07, 6.45) is 3.14. The third-order valence-corrected chi connectivity index (χ3v) is 5.38. The van der Waals surface area contributed by atoms with Crippen LogP contribution in [0.5, 0.6) is 0 Å². The Morgan fingerprint density at radius 3 is 2.62 bits per heavy atom. The van der Waals surface area contributed by atoms with Crippen LogP contribution in [0.15, 0.2) is 35.7 Å². The second-order valence-electron chi connectivity index (χ2n) is 6.67. The van der Waals surface area contributed by atoms with Gasteiger partial charge in [-0.3, -0.25) is 9.59 Å². The van der Waals surface area contributed by atoms with Crippen molar-refractivity contribution >= 4 is 40.6 Å². The van der Waals surface area contributed by atoms with Gasteiger partial charge < -0.3 is 19.9 Å². The Bertz CT molecular complexity index is 857. The molecule has 1 aliphatic heterocycles. The molecule has 3 rings (SSSR count). The highest BCUT2D eigenvalue weighted by molar-refractivity contribution is 7.09. The number of amides is 2. The third-order valence-electron chi connectivity index (χ3n) is 4.59. The number of aromatic nitrogens is 1. The molecule has 7 nitrogen and oxygen atoms in total. The Kier molecular flexibility index (Phi) is 7.37. The van der Waals surface area contributed by atoms with Crippen LogP contribution in [-0.2, 0) is 14.3 Å². The summed E-state index contributed by atoms with van der Waals surface area (Å²) in [7, 11) is 0. The smallest absolute Gasteiger partial charge is 0.247 e. The minimum absolute atomic E-state index is 0.000974. The van der Waals surface area contributed by atoms with E-state index in [1.807, 2.05) is 43.5 Å². The molecule has 29 heavy (non-hydrogen) atoms. The van der Waals surface area contributed by atoms with E-state index in [0.29, 0.717) is 12.2 Å². The highest BCUT2D eigenvalue weighted by atomic mass is 32.1. The molecule has 2 heterocycles. The Balaban J connectivity index is 1.52. The van der Waals surface area contributed by atoms with Crippen LogP contribution in [0, 0.1) is 6.92 Å². The summed E-state index contributed by atoms with van der Waals surface area (Å²) < 4.78 is 5.37. The number of likely N-dealkylation sites (N-methyl/N-ethyl adjacent to an activating group) is 1. The lowest BCUT2D eigenvalue weighted by molar-refractivity contribution is -0.130. The monoisotopic (exact) mass is 414 g/mol. The van der Waals surface area contributed by atoms with Gasteiger partial charge in [-0.25, -0.2) is 4.98 Å². The zero-order valence-electron chi connectivity index (χ0n) is 16.8. The first-order chi connectivity index (χ1) is 14.0. The van der Waals surface area contributed by atoms with E-state index in [9.17, 15) is 9.59 Å². The lowest BCUT2D eigenvalue weighted by atomic mass is 10.2. The topological polar surface area (TPSA) is 74.8 Å². The predicted octanol–water partition coefficient (Wildman–Crippen LogP) is 2.79. The van der Waals surface area contributed by atoms with E-state index >= 15 is 0 Å². The maximum absolute atomic E-state index is 12.4. The van der Waals surface area contributed by atoms with Gasteiger partial charge in [0.25, 0.3) is 0 Å². The van der Waals surface area contributed by atoms with Crippen molar-refractivity contribution in [3.05, 3.63) is 46.4 Å². The van der Waals surface area contributed by atoms with Crippen LogP contribution in [0.3, 0.4) is 0 Å². The number of carbonyl (C=O) groups is 2. The minimum Gasteiger partial charge on any atom is -0.378 e. The minimum atomic E-state index is -0.225. The van der Waals surface area contributed by atoms with Crippen molar-refractivity contribution in [3.63, 3.8) is 0 Å². The summed E-state index contributed by atoms with van der Waals surface area (Å²) in [6.45, 7) is 7.42. The van der Waals surface area contributed by atoms with Crippen LogP contribution >= 0.6 is 11.3 Å². The third kappa shape index (κ3) is 6.13. The molecule has 1 aromatic heterocycles. The SMILES string of the molecule is CCN(CC(=O)Nc1ccc(N2CCOCC2)cc1)C(=O)/C=C/c1csc(C)n1. The molecule has 0 spiro atoms. The molecular formula is C21H26N4O3S. The fourth-order valence-corrected chi connectivity index (χ4v) is 3.60. The van der Waals surface area contributed by atoms with Crippen LogP contribution in [-0.4, -0.2) is 61.1 Å². The van der Waals surface area contributed by atoms with Crippen LogP contribution < -0.4 is 10.2 Å². The van der Waals surface area contributed by atoms with E-state index in [-0.39, 0.29) is 18.4 Å². The Hall–Kier alpha value is -2.71. The highest BCUT2D eigenvalue weighted by Crippen LogP contribution is 2.19. The van der Waals surface area contributed by atoms with Gasteiger partial charge in [-0.1, -0.05) is 0 Å². The number of benzene rings is 1. The van der Waals surface area contributed by atoms with Gasteiger partial charge in [-0.15, -0.1) is 11.3 Å². The number of carbonyl (C=O) groups excluding carboxylic acids is 2. The number of nitrogens with one attached hydrogen (secondary N) is 1. The molecule has 154 valence electrons. The number of thiazole rings is 1. The zero-order valence-corrected chi connectivity index (χ0v) is 17.6. The van der Waals surface area contributed by atoms with Gasteiger partial charge in [0, 0.05) is 42.5 Å². The molecule has 0 saturated carbocycles. The molecule has 0 aliphatic carbocycles. The molecule has 8 heteroatoms. The average molecular weight is 415 g/mol. The van der Waals surface area contributed by atoms with E-state index in [2.05, 4.69) is 15.2 Å². The van der Waals surface area contributed by atoms with Crippen LogP contribution in [0.25, 0.3) is 6.08 Å².